The summed E-state index contributed by atoms with van der Waals surface area (Å²) in [4.78, 5) is 139. The van der Waals surface area contributed by atoms with Crippen molar-refractivity contribution in [1.29, 1.82) is 0 Å². The zero-order valence-corrected chi connectivity index (χ0v) is 75.2. The quantitative estimate of drug-likeness (QED) is 0.0112. The number of carboxylic acids is 1. The predicted octanol–water partition coefficient (Wildman–Crippen LogP) is 3.18. The number of aliphatic hydroxyl groups excluding tert-OH is 4. The highest BCUT2D eigenvalue weighted by molar-refractivity contribution is 14.1. The Balaban J connectivity index is 1.25. The molecule has 0 aromatic heterocycles. The molecule has 4 aliphatic heterocycles. The number of aliphatic hydroxyl groups is 5. The van der Waals surface area contributed by atoms with Crippen LogP contribution in [0.2, 0.25) is 0 Å². The van der Waals surface area contributed by atoms with Gasteiger partial charge in [-0.25, -0.2) is 4.79 Å². The minimum atomic E-state index is -1.94. The van der Waals surface area contributed by atoms with E-state index in [0.717, 1.165) is 18.9 Å². The third kappa shape index (κ3) is 27.7. The maximum absolute atomic E-state index is 14.9. The van der Waals surface area contributed by atoms with Gasteiger partial charge in [-0.15, -0.1) is 5.92 Å². The fourth-order valence-corrected chi connectivity index (χ4v) is 18.8. The highest BCUT2D eigenvalue weighted by atomic mass is 127. The Bertz CT molecular complexity index is 3900. The average Bonchev–Trinajstić information content (AvgIpc) is 0.732. The van der Waals surface area contributed by atoms with Crippen LogP contribution in [0.3, 0.4) is 0 Å². The first kappa shape index (κ1) is 102. The number of hydrogen-bond acceptors (Lipinski definition) is 32. The van der Waals surface area contributed by atoms with Crippen molar-refractivity contribution in [3.8, 4) is 40.9 Å². The van der Waals surface area contributed by atoms with Crippen molar-refractivity contribution in [3.63, 3.8) is 0 Å². The molecular weight excluding hydrogens is 1750 g/mol. The average molecular weight is 1860 g/mol. The van der Waals surface area contributed by atoms with Crippen molar-refractivity contribution in [3.05, 3.63) is 38.5 Å². The molecule has 5 aliphatic rings. The Hall–Kier alpha value is -6.50. The van der Waals surface area contributed by atoms with Crippen LogP contribution in [0.1, 0.15) is 150 Å². The molecule has 120 heavy (non-hydrogen) atoms. The Kier molecular flexibility index (Phi) is 41.0. The van der Waals surface area contributed by atoms with Gasteiger partial charge >= 0.3 is 12.1 Å². The van der Waals surface area contributed by atoms with E-state index in [1.165, 1.54) is 76.0 Å². The number of methoxy groups -OCH3 is 5. The SMILES string of the molecule is CC#C/C=C\C#C[C@H](OC1OC(C)C(NOC2CC(O)C(SC(=O)c3c(C)c(I)c(OC4OC(C)C(O)C(OC)C4O)c(OC)c3OC)C(C)O2)C(O)C1OC1CC(OC)C(N(CC)C(C)=O)CO1)C1/C(=C\CSSC(C)(C)CC(=O)NCCNC(=O)[C@H](C)CC(=O)[C@H](CC(N)=O)NC(=O)CCCC(=O)O)[C@](O)(C(C)C)CC(=O)C1NC(=O)OC. The summed E-state index contributed by atoms with van der Waals surface area (Å²) in [6.07, 6.45) is -17.3. The number of carboxylic acid groups (broad SMARTS) is 1. The Morgan fingerprint density at radius 1 is 0.825 bits per heavy atom. The van der Waals surface area contributed by atoms with Gasteiger partial charge in [0.05, 0.1) is 103 Å². The second-order valence-corrected chi connectivity index (χ2v) is 35.8. The first-order chi connectivity index (χ1) is 56.7. The highest BCUT2D eigenvalue weighted by Crippen LogP contribution is 2.50. The topological polar surface area (TPSA) is 501 Å². The van der Waals surface area contributed by atoms with Crippen molar-refractivity contribution < 1.29 is 140 Å². The van der Waals surface area contributed by atoms with Crippen molar-refractivity contribution >= 4 is 114 Å². The fraction of sp³-hybridized carbons (Fsp3) is 0.700. The number of allylic oxidation sites excluding steroid dienone is 2. The number of halogens is 1. The molecule has 19 unspecified atom stereocenters. The van der Waals surface area contributed by atoms with E-state index in [1.807, 2.05) is 43.4 Å². The van der Waals surface area contributed by atoms with E-state index in [9.17, 15) is 73.5 Å². The largest absolute Gasteiger partial charge is 0.492 e. The molecule has 1 aromatic rings. The third-order valence-corrected chi connectivity index (χ3v) is 26.9. The number of hydrogen-bond donors (Lipinski definition) is 12. The van der Waals surface area contributed by atoms with Gasteiger partial charge in [0, 0.05) is 108 Å². The highest BCUT2D eigenvalue weighted by Gasteiger charge is 2.56. The number of carbonyl (C=O) groups excluding carboxylic acids is 9. The molecule has 40 heteroatoms. The van der Waals surface area contributed by atoms with Gasteiger partial charge in [0.15, 0.2) is 41.9 Å². The van der Waals surface area contributed by atoms with E-state index in [4.69, 9.17) is 72.5 Å². The number of rotatable bonds is 40. The van der Waals surface area contributed by atoms with Crippen LogP contribution in [0.5, 0.6) is 17.2 Å². The fourth-order valence-electron chi connectivity index (χ4n) is 14.6. The number of nitrogens with two attached hydrogens (primary N) is 1. The molecule has 1 aliphatic carbocycles. The monoisotopic (exact) mass is 1860 g/mol. The summed E-state index contributed by atoms with van der Waals surface area (Å²) in [5, 5.41) is 77.7. The summed E-state index contributed by atoms with van der Waals surface area (Å²) in [5.41, 5.74) is 6.96. The number of ketones is 2. The van der Waals surface area contributed by atoms with Gasteiger partial charge in [-0.3, -0.25) is 48.0 Å². The van der Waals surface area contributed by atoms with E-state index in [0.29, 0.717) is 15.7 Å². The second-order valence-electron chi connectivity index (χ2n) is 30.5. The van der Waals surface area contributed by atoms with Gasteiger partial charge in [-0.2, -0.15) is 5.48 Å². The van der Waals surface area contributed by atoms with E-state index in [1.54, 1.807) is 59.4 Å². The summed E-state index contributed by atoms with van der Waals surface area (Å²) in [6, 6.07) is -4.64. The molecule has 13 N–H and O–H groups in total. The number of alkyl carbamates (subject to hydrolysis) is 1. The molecule has 36 nitrogen and oxygen atoms in total. The second kappa shape index (κ2) is 48.1. The maximum Gasteiger partial charge on any atom is 0.407 e. The number of hydroxylamine groups is 1. The number of benzene rings is 1. The van der Waals surface area contributed by atoms with Crippen LogP contribution >= 0.6 is 55.9 Å². The number of ether oxygens (including phenoxy) is 12. The first-order valence-corrected chi connectivity index (χ1v) is 43.7. The predicted molar refractivity (Wildman–Crippen MR) is 447 cm³/mol. The van der Waals surface area contributed by atoms with Crippen LogP contribution in [-0.4, -0.2) is 293 Å². The minimum absolute atomic E-state index is 0.00262. The number of carbonyl (C=O) groups is 10. The normalized spacial score (nSPS) is 29.3. The number of nitrogens with one attached hydrogen (secondary N) is 5. The zero-order chi connectivity index (χ0) is 89.4. The summed E-state index contributed by atoms with van der Waals surface area (Å²) < 4.78 is 73.0. The molecule has 672 valence electrons. The molecule has 6 rings (SSSR count). The third-order valence-electron chi connectivity index (χ3n) is 21.1. The lowest BCUT2D eigenvalue weighted by Crippen LogP contribution is -2.66. The molecule has 0 spiro atoms. The molecule has 1 aromatic carbocycles. The van der Waals surface area contributed by atoms with E-state index >= 15 is 0 Å². The van der Waals surface area contributed by atoms with E-state index in [-0.39, 0.29) is 111 Å². The lowest BCUT2D eigenvalue weighted by atomic mass is 9.64. The number of aliphatic carboxylic acids is 1. The summed E-state index contributed by atoms with van der Waals surface area (Å²) >= 11 is 2.76. The lowest BCUT2D eigenvalue weighted by molar-refractivity contribution is -0.340. The number of thioether (sulfide) groups is 1. The number of amides is 6. The van der Waals surface area contributed by atoms with Crippen LogP contribution in [0, 0.1) is 51.9 Å². The van der Waals surface area contributed by atoms with Crippen LogP contribution in [0.25, 0.3) is 0 Å². The Morgan fingerprint density at radius 3 is 2.11 bits per heavy atom. The number of Topliss-reactive ketones (excluding diaryl/α,β-unsaturated/α-hetero) is 2. The van der Waals surface area contributed by atoms with Gasteiger partial charge in [0.2, 0.25) is 46.7 Å². The zero-order valence-electron chi connectivity index (χ0n) is 70.6. The van der Waals surface area contributed by atoms with E-state index in [2.05, 4.69) is 50.4 Å². The van der Waals surface area contributed by atoms with Crippen LogP contribution in [-0.2, 0) is 85.8 Å². The molecule has 4 saturated heterocycles. The van der Waals surface area contributed by atoms with Crippen molar-refractivity contribution in [2.45, 2.75) is 273 Å². The van der Waals surface area contributed by atoms with Crippen molar-refractivity contribution in [2.75, 3.05) is 67.5 Å². The molecule has 0 radical (unpaired) electrons. The number of likely N-dealkylation sites (N-methyl/N-ethyl adjacent to an activating group) is 1. The molecule has 1 saturated carbocycles. The molecule has 4 heterocycles. The standard InChI is InChI=1S/C80H118IN7O29S3/c1-18-20-21-22-23-25-52(61-46(80(104,39(3)4)36-51(92)64(61)86-78(103)109-17)28-31-118-120-79(11,12)37-56(95)83-29-30-84-74(101)40(5)32-49(90)47(33-54(82)93)85-55(94)26-24-27-57(96)97)114-77-71(115-58-35-53(105-13)48(38-110-58)88(19-2)45(10)89)66(99)63(42(7)112-77)87-117-59-34-50(91)73(44(9)111-59)119-75(102)60-41(6)62(81)69(72(108-16)68(60)106-14)116-76-67(100)70(107-15)65(98)43(8)113-76/h21-22,28,39-40,42-44,47-48,50,52-53,58-59,61,63-67,70-71,73,76-77,87,91,98-100,104H,19,24,26-27,29-38H2,1-17H3,(H2,82,93)(H,83,95)(H,84,101)(H,85,94)(H,86,103)(H,96,97)/b22-21-,46-28+/t40-,42?,43?,44?,47+,48?,50?,52+,53?,58?,59?,61?,63?,64?,65?,66?,67?,70?,71?,73?,76?,77?,80-/m1/s1. The maximum atomic E-state index is 14.9. The van der Waals surface area contributed by atoms with Gasteiger partial charge < -0.3 is 119 Å². The molecule has 23 atom stereocenters. The van der Waals surface area contributed by atoms with Crippen molar-refractivity contribution in [1.82, 2.24) is 31.6 Å². The molecule has 5 fully saturated rings. The lowest BCUT2D eigenvalue weighted by Gasteiger charge is -2.49. The molecule has 6 amide bonds. The molecule has 0 bridgehead atoms. The Labute approximate surface area is 725 Å². The summed E-state index contributed by atoms with van der Waals surface area (Å²) in [5.74, 6) is 3.67. The summed E-state index contributed by atoms with van der Waals surface area (Å²) in [6.45, 7) is 20.1. The van der Waals surface area contributed by atoms with Gasteiger partial charge in [-0.05, 0) is 114 Å². The van der Waals surface area contributed by atoms with Crippen molar-refractivity contribution in [2.24, 2.45) is 23.5 Å². The minimum Gasteiger partial charge on any atom is -0.492 e. The molecular formula is C80H118IN7O29S3. The smallest absolute Gasteiger partial charge is 0.407 e. The Morgan fingerprint density at radius 2 is 1.50 bits per heavy atom. The van der Waals surface area contributed by atoms with Gasteiger partial charge in [-0.1, -0.05) is 78.0 Å². The number of nitrogens with zero attached hydrogens (tertiary/aromatic N) is 1. The van der Waals surface area contributed by atoms with Crippen LogP contribution < -0.4 is 46.7 Å². The first-order valence-electron chi connectivity index (χ1n) is 39.4. The van der Waals surface area contributed by atoms with E-state index < -0.39 is 209 Å². The van der Waals surface area contributed by atoms with Gasteiger partial charge in [0.1, 0.15) is 42.7 Å². The van der Waals surface area contributed by atoms with Crippen LogP contribution in [0.15, 0.2) is 23.8 Å². The summed E-state index contributed by atoms with van der Waals surface area (Å²) in [7, 11) is 9.21. The van der Waals surface area contributed by atoms with Crippen LogP contribution in [0.4, 0.5) is 4.79 Å². The van der Waals surface area contributed by atoms with Gasteiger partial charge in [0.25, 0.3) is 0 Å². The number of primary amides is 1.